The molecule has 0 spiro atoms. The molecule has 1 aliphatic heterocycles. The van der Waals surface area contributed by atoms with Crippen LogP contribution in [-0.2, 0) is 4.74 Å². The molecule has 4 heteroatoms. The van der Waals surface area contributed by atoms with Gasteiger partial charge < -0.3 is 15.4 Å². The van der Waals surface area contributed by atoms with Gasteiger partial charge in [-0.2, -0.15) is 0 Å². The monoisotopic (exact) mass is 304 g/mol. The van der Waals surface area contributed by atoms with Gasteiger partial charge >= 0.3 is 6.03 Å². The number of primary amides is 1. The fraction of sp³-hybridized carbons (Fsp3) is 0.611. The van der Waals surface area contributed by atoms with Gasteiger partial charge in [0.1, 0.15) is 0 Å². The lowest BCUT2D eigenvalue weighted by atomic mass is 9.78. The lowest BCUT2D eigenvalue weighted by molar-refractivity contribution is 0.158. The van der Waals surface area contributed by atoms with Gasteiger partial charge in [-0.15, -0.1) is 0 Å². The van der Waals surface area contributed by atoms with Crippen molar-refractivity contribution < 1.29 is 9.53 Å². The fourth-order valence-electron chi connectivity index (χ4n) is 3.52. The van der Waals surface area contributed by atoms with Crippen molar-refractivity contribution in [3.63, 3.8) is 0 Å². The summed E-state index contributed by atoms with van der Waals surface area (Å²) in [7, 11) is 1.75. The zero-order valence-electron chi connectivity index (χ0n) is 13.5. The lowest BCUT2D eigenvalue weighted by Crippen LogP contribution is -2.44. The van der Waals surface area contributed by atoms with Crippen LogP contribution in [0.3, 0.4) is 0 Å². The number of amides is 2. The largest absolute Gasteiger partial charge is 0.385 e. The summed E-state index contributed by atoms with van der Waals surface area (Å²) < 4.78 is 5.15. The van der Waals surface area contributed by atoms with Gasteiger partial charge in [-0.1, -0.05) is 36.8 Å². The molecule has 0 aromatic heterocycles. The minimum atomic E-state index is -0.282. The average molecular weight is 304 g/mol. The number of benzene rings is 1. The Morgan fingerprint density at radius 2 is 2.14 bits per heavy atom. The molecule has 1 saturated heterocycles. The molecule has 2 unspecified atom stereocenters. The molecule has 1 aromatic rings. The van der Waals surface area contributed by atoms with Crippen LogP contribution in [0.2, 0.25) is 0 Å². The van der Waals surface area contributed by atoms with Crippen molar-refractivity contribution in [1.29, 1.82) is 0 Å². The molecular formula is C18H28N2O2. The van der Waals surface area contributed by atoms with Gasteiger partial charge in [0.05, 0.1) is 0 Å². The van der Waals surface area contributed by atoms with Crippen LogP contribution in [0, 0.1) is 5.92 Å². The highest BCUT2D eigenvalue weighted by atomic mass is 16.5. The summed E-state index contributed by atoms with van der Waals surface area (Å²) in [6.07, 6.45) is 5.61. The predicted molar refractivity (Wildman–Crippen MR) is 88.8 cm³/mol. The van der Waals surface area contributed by atoms with E-state index in [1.807, 2.05) is 0 Å². The second-order valence-electron chi connectivity index (χ2n) is 6.19. The summed E-state index contributed by atoms with van der Waals surface area (Å²) in [5.41, 5.74) is 6.86. The zero-order chi connectivity index (χ0) is 15.8. The molecule has 2 N–H and O–H groups in total. The van der Waals surface area contributed by atoms with E-state index >= 15 is 0 Å². The Labute approximate surface area is 133 Å². The Morgan fingerprint density at radius 3 is 2.82 bits per heavy atom. The first-order valence-electron chi connectivity index (χ1n) is 8.30. The van der Waals surface area contributed by atoms with E-state index in [0.717, 1.165) is 45.4 Å². The van der Waals surface area contributed by atoms with Crippen molar-refractivity contribution in [2.45, 2.75) is 38.0 Å². The van der Waals surface area contributed by atoms with Crippen LogP contribution >= 0.6 is 0 Å². The lowest BCUT2D eigenvalue weighted by Gasteiger charge is -2.36. The quantitative estimate of drug-likeness (QED) is 0.785. The van der Waals surface area contributed by atoms with Crippen molar-refractivity contribution in [2.75, 3.05) is 26.8 Å². The Balaban J connectivity index is 2.04. The maximum Gasteiger partial charge on any atom is 0.314 e. The molecule has 4 nitrogen and oxygen atoms in total. The molecule has 0 radical (unpaired) electrons. The number of hydrogen-bond donors (Lipinski definition) is 1. The maximum absolute atomic E-state index is 11.5. The van der Waals surface area contributed by atoms with Gasteiger partial charge in [-0.3, -0.25) is 0 Å². The number of hydrogen-bond acceptors (Lipinski definition) is 2. The number of unbranched alkanes of at least 4 members (excludes halogenated alkanes) is 1. The molecule has 1 aromatic carbocycles. The summed E-state index contributed by atoms with van der Waals surface area (Å²) in [6, 6.07) is 10.4. The van der Waals surface area contributed by atoms with Crippen LogP contribution in [0.15, 0.2) is 30.3 Å². The van der Waals surface area contributed by atoms with E-state index in [1.54, 1.807) is 12.0 Å². The minimum absolute atomic E-state index is 0.282. The predicted octanol–water partition coefficient (Wildman–Crippen LogP) is 3.38. The first-order chi connectivity index (χ1) is 10.7. The second kappa shape index (κ2) is 8.79. The summed E-state index contributed by atoms with van der Waals surface area (Å²) in [6.45, 7) is 2.41. The molecule has 0 bridgehead atoms. The molecule has 1 heterocycles. The number of rotatable bonds is 7. The number of urea groups is 1. The van der Waals surface area contributed by atoms with E-state index in [2.05, 4.69) is 30.3 Å². The number of carbonyl (C=O) groups is 1. The Bertz CT molecular complexity index is 450. The van der Waals surface area contributed by atoms with Gasteiger partial charge in [-0.25, -0.2) is 4.79 Å². The molecule has 1 fully saturated rings. The number of piperidine rings is 1. The smallest absolute Gasteiger partial charge is 0.314 e. The van der Waals surface area contributed by atoms with Crippen molar-refractivity contribution in [2.24, 2.45) is 11.7 Å². The van der Waals surface area contributed by atoms with E-state index in [1.165, 1.54) is 12.0 Å². The molecule has 0 saturated carbocycles. The number of likely N-dealkylation sites (tertiary alicyclic amines) is 1. The van der Waals surface area contributed by atoms with Gasteiger partial charge in [0.15, 0.2) is 0 Å². The highest BCUT2D eigenvalue weighted by Crippen LogP contribution is 2.35. The number of nitrogens with zero attached hydrogens (tertiary/aromatic N) is 1. The van der Waals surface area contributed by atoms with Gasteiger partial charge in [-0.05, 0) is 43.1 Å². The minimum Gasteiger partial charge on any atom is -0.385 e. The Morgan fingerprint density at radius 1 is 1.36 bits per heavy atom. The summed E-state index contributed by atoms with van der Waals surface area (Å²) in [5, 5.41) is 0. The van der Waals surface area contributed by atoms with Crippen molar-refractivity contribution in [1.82, 2.24) is 4.90 Å². The zero-order valence-corrected chi connectivity index (χ0v) is 13.5. The van der Waals surface area contributed by atoms with Gasteiger partial charge in [0, 0.05) is 26.8 Å². The fourth-order valence-corrected chi connectivity index (χ4v) is 3.52. The van der Waals surface area contributed by atoms with Gasteiger partial charge in [0.2, 0.25) is 0 Å². The van der Waals surface area contributed by atoms with Crippen LogP contribution in [0.25, 0.3) is 0 Å². The standard InChI is InChI=1S/C18H28N2O2/c1-22-13-6-5-11-17(15-8-3-2-4-9-15)16-10-7-12-20(14-16)18(19)21/h2-4,8-9,16-17H,5-7,10-14H2,1H3,(H2,19,21). The van der Waals surface area contributed by atoms with Crippen molar-refractivity contribution in [3.8, 4) is 0 Å². The van der Waals surface area contributed by atoms with E-state index in [-0.39, 0.29) is 6.03 Å². The Kier molecular flexibility index (Phi) is 6.72. The number of ether oxygens (including phenoxy) is 1. The van der Waals surface area contributed by atoms with E-state index < -0.39 is 0 Å². The van der Waals surface area contributed by atoms with Crippen LogP contribution in [0.1, 0.15) is 43.6 Å². The molecular weight excluding hydrogens is 276 g/mol. The first kappa shape index (κ1) is 16.8. The number of methoxy groups -OCH3 is 1. The van der Waals surface area contributed by atoms with Crippen LogP contribution < -0.4 is 5.73 Å². The number of carbonyl (C=O) groups excluding carboxylic acids is 1. The maximum atomic E-state index is 11.5. The van der Waals surface area contributed by atoms with Crippen LogP contribution in [-0.4, -0.2) is 37.7 Å². The SMILES string of the molecule is COCCCCC(c1ccccc1)C1CCCN(C(N)=O)C1. The third-order valence-corrected chi connectivity index (χ3v) is 4.68. The average Bonchev–Trinajstić information content (AvgIpc) is 2.56. The van der Waals surface area contributed by atoms with Crippen LogP contribution in [0.5, 0.6) is 0 Å². The highest BCUT2D eigenvalue weighted by Gasteiger charge is 2.29. The van der Waals surface area contributed by atoms with E-state index in [0.29, 0.717) is 11.8 Å². The van der Waals surface area contributed by atoms with Crippen LogP contribution in [0.4, 0.5) is 4.79 Å². The second-order valence-corrected chi connectivity index (χ2v) is 6.19. The summed E-state index contributed by atoms with van der Waals surface area (Å²) in [4.78, 5) is 13.3. The third-order valence-electron chi connectivity index (χ3n) is 4.68. The van der Waals surface area contributed by atoms with Gasteiger partial charge in [0.25, 0.3) is 0 Å². The third kappa shape index (κ3) is 4.73. The van der Waals surface area contributed by atoms with E-state index in [4.69, 9.17) is 10.5 Å². The molecule has 1 aliphatic rings. The molecule has 2 amide bonds. The molecule has 0 aliphatic carbocycles. The topological polar surface area (TPSA) is 55.6 Å². The first-order valence-corrected chi connectivity index (χ1v) is 8.30. The molecule has 22 heavy (non-hydrogen) atoms. The molecule has 122 valence electrons. The van der Waals surface area contributed by atoms with E-state index in [9.17, 15) is 4.79 Å². The normalized spacial score (nSPS) is 19.9. The number of nitrogens with two attached hydrogens (primary N) is 1. The van der Waals surface area contributed by atoms with Crippen molar-refractivity contribution >= 4 is 6.03 Å². The molecule has 2 rings (SSSR count). The highest BCUT2D eigenvalue weighted by molar-refractivity contribution is 5.72. The summed E-state index contributed by atoms with van der Waals surface area (Å²) >= 11 is 0. The Hall–Kier alpha value is -1.55. The summed E-state index contributed by atoms with van der Waals surface area (Å²) in [5.74, 6) is 1.01. The molecule has 2 atom stereocenters. The van der Waals surface area contributed by atoms with Crippen molar-refractivity contribution in [3.05, 3.63) is 35.9 Å².